The first-order chi connectivity index (χ1) is 19.5. The van der Waals surface area contributed by atoms with Crippen molar-refractivity contribution in [3.63, 3.8) is 0 Å². The highest BCUT2D eigenvalue weighted by atomic mass is 19.4. The maximum absolute atomic E-state index is 13.2. The predicted octanol–water partition coefficient (Wildman–Crippen LogP) is 5.91. The number of halogens is 3. The summed E-state index contributed by atoms with van der Waals surface area (Å²) in [7, 11) is 0. The van der Waals surface area contributed by atoms with E-state index in [2.05, 4.69) is 15.0 Å². The number of carbonyl (C=O) groups is 2. The number of benzene rings is 2. The molecule has 2 unspecified atom stereocenters. The second-order valence-corrected chi connectivity index (χ2v) is 9.95. The molecule has 0 spiro atoms. The number of para-hydroxylation sites is 1. The van der Waals surface area contributed by atoms with E-state index in [1.807, 2.05) is 36.1 Å². The number of alkyl halides is 3. The van der Waals surface area contributed by atoms with Crippen molar-refractivity contribution < 1.29 is 31.9 Å². The molecule has 212 valence electrons. The van der Waals surface area contributed by atoms with Crippen molar-refractivity contribution in [3.8, 4) is 0 Å². The molecule has 0 saturated carbocycles. The molecule has 11 heteroatoms. The van der Waals surface area contributed by atoms with Crippen LogP contribution in [0.5, 0.6) is 0 Å². The quantitative estimate of drug-likeness (QED) is 0.228. The number of ether oxygens (including phenoxy) is 1. The average molecular weight is 566 g/mol. The number of aryl methyl sites for hydroxylation is 1. The van der Waals surface area contributed by atoms with E-state index in [1.54, 1.807) is 25.3 Å². The Morgan fingerprint density at radius 3 is 2.61 bits per heavy atom. The van der Waals surface area contributed by atoms with Gasteiger partial charge in [0, 0.05) is 48.2 Å². The van der Waals surface area contributed by atoms with Crippen molar-refractivity contribution in [2.24, 2.45) is 0 Å². The summed E-state index contributed by atoms with van der Waals surface area (Å²) in [6, 6.07) is 16.0. The number of fused-ring (bicyclic) bond motifs is 1. The summed E-state index contributed by atoms with van der Waals surface area (Å²) in [5, 5.41) is 3.48. The number of hydrogen-bond acceptors (Lipinski definition) is 8. The number of pyridine rings is 1. The number of hydrogen-bond donors (Lipinski definition) is 1. The van der Waals surface area contributed by atoms with Crippen molar-refractivity contribution in [1.82, 2.24) is 4.98 Å². The second kappa shape index (κ2) is 11.1. The molecule has 3 heterocycles. The van der Waals surface area contributed by atoms with Gasteiger partial charge in [-0.25, -0.2) is 9.59 Å². The Balaban J connectivity index is 1.45. The van der Waals surface area contributed by atoms with Gasteiger partial charge in [0.1, 0.15) is 5.58 Å². The van der Waals surface area contributed by atoms with Crippen molar-refractivity contribution >= 4 is 34.5 Å². The Kier molecular flexibility index (Phi) is 7.53. The molecule has 2 aromatic heterocycles. The molecule has 0 radical (unpaired) electrons. The van der Waals surface area contributed by atoms with E-state index in [1.165, 1.54) is 24.3 Å². The first-order valence-electron chi connectivity index (χ1n) is 12.9. The van der Waals surface area contributed by atoms with Gasteiger partial charge in [0.2, 0.25) is 0 Å². The van der Waals surface area contributed by atoms with Crippen LogP contribution in [0.15, 0.2) is 76.1 Å². The standard InChI is InChI=1S/C30H26F3N3O5/c1-17-13-21(18(2)35-24-9-4-3-7-20(24)28(38)41-29(39)30(31,32)33)27-22(14-17)25(37)15-26(40-27)36-12-10-19(16-36)23-8-5-6-11-34-23/h3-9,11,13-15,18-19,35H,10,12,16H2,1-2H3. The maximum atomic E-state index is 13.2. The highest BCUT2D eigenvalue weighted by Gasteiger charge is 2.42. The van der Waals surface area contributed by atoms with Gasteiger partial charge in [-0.3, -0.25) is 9.78 Å². The molecule has 1 aliphatic rings. The summed E-state index contributed by atoms with van der Waals surface area (Å²) in [6.45, 7) is 4.90. The zero-order valence-electron chi connectivity index (χ0n) is 22.2. The molecule has 1 aliphatic heterocycles. The molecule has 5 rings (SSSR count). The van der Waals surface area contributed by atoms with Gasteiger partial charge in [-0.2, -0.15) is 13.2 Å². The van der Waals surface area contributed by atoms with Crippen LogP contribution in [0.4, 0.5) is 24.7 Å². The molecule has 1 fully saturated rings. The van der Waals surface area contributed by atoms with Crippen LogP contribution in [-0.2, 0) is 9.53 Å². The van der Waals surface area contributed by atoms with Gasteiger partial charge in [0.05, 0.1) is 17.0 Å². The number of carbonyl (C=O) groups excluding carboxylic acids is 2. The highest BCUT2D eigenvalue weighted by Crippen LogP contribution is 2.34. The summed E-state index contributed by atoms with van der Waals surface area (Å²) in [6.07, 6.45) is -2.71. The lowest BCUT2D eigenvalue weighted by Crippen LogP contribution is -2.28. The van der Waals surface area contributed by atoms with Crippen LogP contribution in [0.3, 0.4) is 0 Å². The zero-order valence-corrected chi connectivity index (χ0v) is 22.2. The largest absolute Gasteiger partial charge is 0.491 e. The van der Waals surface area contributed by atoms with Crippen molar-refractivity contribution in [1.29, 1.82) is 0 Å². The van der Waals surface area contributed by atoms with Gasteiger partial charge in [-0.05, 0) is 56.2 Å². The van der Waals surface area contributed by atoms with Crippen LogP contribution in [0, 0.1) is 6.92 Å². The molecule has 0 amide bonds. The summed E-state index contributed by atoms with van der Waals surface area (Å²) in [5.41, 5.74) is 2.40. The molecule has 2 aromatic carbocycles. The number of anilines is 2. The van der Waals surface area contributed by atoms with E-state index >= 15 is 0 Å². The van der Waals surface area contributed by atoms with Crippen molar-refractivity contribution in [3.05, 3.63) is 99.5 Å². The lowest BCUT2D eigenvalue weighted by molar-refractivity contribution is -0.193. The van der Waals surface area contributed by atoms with Crippen LogP contribution in [0.25, 0.3) is 11.0 Å². The van der Waals surface area contributed by atoms with Gasteiger partial charge in [-0.1, -0.05) is 24.3 Å². The molecule has 2 atom stereocenters. The molecule has 0 aliphatic carbocycles. The third kappa shape index (κ3) is 5.93. The van der Waals surface area contributed by atoms with E-state index in [-0.39, 0.29) is 22.6 Å². The smallest absolute Gasteiger partial charge is 0.440 e. The lowest BCUT2D eigenvalue weighted by Gasteiger charge is -2.21. The van der Waals surface area contributed by atoms with Crippen LogP contribution >= 0.6 is 0 Å². The molecular weight excluding hydrogens is 539 g/mol. The Labute approximate surface area is 232 Å². The zero-order chi connectivity index (χ0) is 29.3. The molecule has 1 N–H and O–H groups in total. The van der Waals surface area contributed by atoms with Gasteiger partial charge in [0.15, 0.2) is 11.3 Å². The molecular formula is C30H26F3N3O5. The summed E-state index contributed by atoms with van der Waals surface area (Å²) in [5.74, 6) is -3.43. The minimum atomic E-state index is -5.31. The molecule has 4 aromatic rings. The first kappa shape index (κ1) is 27.9. The number of esters is 2. The average Bonchev–Trinajstić information content (AvgIpc) is 3.44. The van der Waals surface area contributed by atoms with E-state index < -0.39 is 24.2 Å². The Morgan fingerprint density at radius 2 is 1.88 bits per heavy atom. The topological polar surface area (TPSA) is 102 Å². The Bertz CT molecular complexity index is 1670. The number of aromatic nitrogens is 1. The monoisotopic (exact) mass is 565 g/mol. The van der Waals surface area contributed by atoms with Gasteiger partial charge in [0.25, 0.3) is 0 Å². The van der Waals surface area contributed by atoms with E-state index in [0.29, 0.717) is 35.5 Å². The summed E-state index contributed by atoms with van der Waals surface area (Å²) < 4.78 is 48.3. The lowest BCUT2D eigenvalue weighted by atomic mass is 10.0. The predicted molar refractivity (Wildman–Crippen MR) is 146 cm³/mol. The maximum Gasteiger partial charge on any atom is 0.491 e. The Hall–Kier alpha value is -4.67. The second-order valence-electron chi connectivity index (χ2n) is 9.95. The SMILES string of the molecule is Cc1cc(C(C)Nc2ccccc2C(=O)OC(=O)C(F)(F)F)c2oc(N3CCC(c4ccccn4)C3)cc(=O)c2c1. The van der Waals surface area contributed by atoms with E-state index in [0.717, 1.165) is 17.7 Å². The van der Waals surface area contributed by atoms with Crippen LogP contribution in [0.1, 0.15) is 52.5 Å². The summed E-state index contributed by atoms with van der Waals surface area (Å²) in [4.78, 5) is 43.3. The van der Waals surface area contributed by atoms with Crippen LogP contribution in [0.2, 0.25) is 0 Å². The van der Waals surface area contributed by atoms with Crippen LogP contribution in [-0.4, -0.2) is 36.2 Å². The van der Waals surface area contributed by atoms with Gasteiger partial charge < -0.3 is 19.4 Å². The van der Waals surface area contributed by atoms with Crippen LogP contribution < -0.4 is 15.6 Å². The number of nitrogens with one attached hydrogen (secondary N) is 1. The fraction of sp³-hybridized carbons (Fsp3) is 0.267. The summed E-state index contributed by atoms with van der Waals surface area (Å²) >= 11 is 0. The molecule has 1 saturated heterocycles. The minimum Gasteiger partial charge on any atom is -0.440 e. The fourth-order valence-electron chi connectivity index (χ4n) is 5.01. The third-order valence-corrected chi connectivity index (χ3v) is 7.00. The molecule has 0 bridgehead atoms. The van der Waals surface area contributed by atoms with E-state index in [4.69, 9.17) is 4.42 Å². The number of nitrogens with zero attached hydrogens (tertiary/aromatic N) is 2. The normalized spacial score (nSPS) is 16.0. The first-order valence-corrected chi connectivity index (χ1v) is 12.9. The van der Waals surface area contributed by atoms with Gasteiger partial charge >= 0.3 is 18.1 Å². The van der Waals surface area contributed by atoms with Crippen molar-refractivity contribution in [2.75, 3.05) is 23.3 Å². The minimum absolute atomic E-state index is 0.144. The fourth-order valence-corrected chi connectivity index (χ4v) is 5.01. The van der Waals surface area contributed by atoms with Crippen molar-refractivity contribution in [2.45, 2.75) is 38.4 Å². The third-order valence-electron chi connectivity index (χ3n) is 7.00. The molecule has 8 nitrogen and oxygen atoms in total. The number of rotatable bonds is 6. The van der Waals surface area contributed by atoms with E-state index in [9.17, 15) is 27.6 Å². The molecule has 41 heavy (non-hydrogen) atoms. The highest BCUT2D eigenvalue weighted by molar-refractivity contribution is 6.02. The Morgan fingerprint density at radius 1 is 1.12 bits per heavy atom. The van der Waals surface area contributed by atoms with Gasteiger partial charge in [-0.15, -0.1) is 0 Å².